The molecule has 1 fully saturated rings. The van der Waals surface area contributed by atoms with Gasteiger partial charge in [-0.15, -0.1) is 0 Å². The van der Waals surface area contributed by atoms with Gasteiger partial charge in [-0.05, 0) is 18.8 Å². The monoisotopic (exact) mass is 291 g/mol. The van der Waals surface area contributed by atoms with Crippen molar-refractivity contribution in [3.05, 3.63) is 0 Å². The Morgan fingerprint density at radius 2 is 2.16 bits per heavy atom. The highest BCUT2D eigenvalue weighted by Gasteiger charge is 2.26. The van der Waals surface area contributed by atoms with Gasteiger partial charge < -0.3 is 10.1 Å². The Kier molecular flexibility index (Phi) is 7.95. The zero-order valence-corrected chi connectivity index (χ0v) is 13.2. The smallest absolute Gasteiger partial charge is 0.151 e. The van der Waals surface area contributed by atoms with Crippen LogP contribution in [0.1, 0.15) is 46.0 Å². The van der Waals surface area contributed by atoms with Crippen LogP contribution in [0.3, 0.4) is 0 Å². The molecule has 114 valence electrons. The topological polar surface area (TPSA) is 55.4 Å². The van der Waals surface area contributed by atoms with Crippen LogP contribution in [-0.4, -0.2) is 45.7 Å². The molecule has 2 atom stereocenters. The lowest BCUT2D eigenvalue weighted by Crippen LogP contribution is -2.33. The molecule has 0 aliphatic carbocycles. The largest absolute Gasteiger partial charge is 0.380 e. The van der Waals surface area contributed by atoms with E-state index < -0.39 is 9.84 Å². The van der Waals surface area contributed by atoms with Crippen molar-refractivity contribution in [3.63, 3.8) is 0 Å². The zero-order chi connectivity index (χ0) is 14.1. The van der Waals surface area contributed by atoms with E-state index in [4.69, 9.17) is 4.74 Å². The maximum atomic E-state index is 11.3. The van der Waals surface area contributed by atoms with Crippen molar-refractivity contribution in [2.75, 3.05) is 31.3 Å². The molecule has 4 nitrogen and oxygen atoms in total. The quantitative estimate of drug-likeness (QED) is 0.626. The van der Waals surface area contributed by atoms with Crippen LogP contribution in [0.2, 0.25) is 0 Å². The molecule has 1 rings (SSSR count). The van der Waals surface area contributed by atoms with Gasteiger partial charge in [-0.25, -0.2) is 8.42 Å². The van der Waals surface area contributed by atoms with Crippen molar-refractivity contribution < 1.29 is 13.2 Å². The fraction of sp³-hybridized carbons (Fsp3) is 1.00. The third kappa shape index (κ3) is 7.28. The van der Waals surface area contributed by atoms with Gasteiger partial charge in [0.2, 0.25) is 0 Å². The lowest BCUT2D eigenvalue weighted by atomic mass is 10.0. The van der Waals surface area contributed by atoms with Crippen molar-refractivity contribution in [2.45, 2.75) is 52.0 Å². The van der Waals surface area contributed by atoms with E-state index in [9.17, 15) is 8.42 Å². The van der Waals surface area contributed by atoms with E-state index in [0.717, 1.165) is 19.6 Å². The number of nitrogens with one attached hydrogen (secondary N) is 1. The van der Waals surface area contributed by atoms with Gasteiger partial charge in [0.25, 0.3) is 0 Å². The predicted octanol–water partition coefficient (Wildman–Crippen LogP) is 2.00. The molecule has 0 aromatic carbocycles. The van der Waals surface area contributed by atoms with Crippen molar-refractivity contribution in [1.29, 1.82) is 0 Å². The number of rotatable bonds is 10. The summed E-state index contributed by atoms with van der Waals surface area (Å²) in [5.74, 6) is 1.30. The first-order valence-corrected chi connectivity index (χ1v) is 9.41. The van der Waals surface area contributed by atoms with Gasteiger partial charge in [-0.3, -0.25) is 0 Å². The molecular weight excluding hydrogens is 262 g/mol. The molecule has 0 aromatic heterocycles. The molecule has 1 N–H and O–H groups in total. The zero-order valence-electron chi connectivity index (χ0n) is 12.4. The maximum Gasteiger partial charge on any atom is 0.151 e. The summed E-state index contributed by atoms with van der Waals surface area (Å²) in [5.41, 5.74) is 0. The first-order valence-electron chi connectivity index (χ1n) is 7.59. The molecule has 1 heterocycles. The predicted molar refractivity (Wildman–Crippen MR) is 79.2 cm³/mol. The highest BCUT2D eigenvalue weighted by atomic mass is 32.2. The fourth-order valence-electron chi connectivity index (χ4n) is 2.44. The maximum absolute atomic E-state index is 11.3. The molecule has 0 radical (unpaired) electrons. The molecular formula is C14H29NO3S. The van der Waals surface area contributed by atoms with E-state index in [1.807, 2.05) is 0 Å². The van der Waals surface area contributed by atoms with Crippen molar-refractivity contribution in [2.24, 2.45) is 5.92 Å². The first kappa shape index (κ1) is 16.9. The van der Waals surface area contributed by atoms with E-state index in [1.54, 1.807) is 0 Å². The molecule has 0 saturated carbocycles. The minimum absolute atomic E-state index is 0.135. The average Bonchev–Trinajstić information content (AvgIpc) is 2.72. The van der Waals surface area contributed by atoms with Crippen molar-refractivity contribution in [1.82, 2.24) is 5.32 Å². The molecule has 1 aliphatic heterocycles. The van der Waals surface area contributed by atoms with Crippen LogP contribution in [0, 0.1) is 5.92 Å². The highest BCUT2D eigenvalue weighted by Crippen LogP contribution is 2.13. The molecule has 0 aromatic rings. The van der Waals surface area contributed by atoms with Crippen molar-refractivity contribution in [3.8, 4) is 0 Å². The van der Waals surface area contributed by atoms with Crippen LogP contribution in [0.25, 0.3) is 0 Å². The van der Waals surface area contributed by atoms with Crippen LogP contribution in [0.15, 0.2) is 0 Å². The average molecular weight is 291 g/mol. The lowest BCUT2D eigenvalue weighted by Gasteiger charge is -2.15. The third-order valence-electron chi connectivity index (χ3n) is 3.81. The second-order valence-corrected chi connectivity index (χ2v) is 7.77. The van der Waals surface area contributed by atoms with Gasteiger partial charge in [0.15, 0.2) is 9.84 Å². The van der Waals surface area contributed by atoms with E-state index in [0.29, 0.717) is 24.0 Å². The van der Waals surface area contributed by atoms with Gasteiger partial charge >= 0.3 is 0 Å². The molecule has 2 unspecified atom stereocenters. The summed E-state index contributed by atoms with van der Waals surface area (Å²) in [6.07, 6.45) is 5.69. The van der Waals surface area contributed by atoms with Crippen LogP contribution in [0.4, 0.5) is 0 Å². The van der Waals surface area contributed by atoms with E-state index >= 15 is 0 Å². The van der Waals surface area contributed by atoms with Gasteiger partial charge in [-0.1, -0.05) is 33.1 Å². The van der Waals surface area contributed by atoms with Crippen LogP contribution in [0.5, 0.6) is 0 Å². The van der Waals surface area contributed by atoms with E-state index in [-0.39, 0.29) is 6.04 Å². The molecule has 1 aliphatic rings. The van der Waals surface area contributed by atoms with E-state index in [2.05, 4.69) is 19.2 Å². The Morgan fingerprint density at radius 1 is 1.37 bits per heavy atom. The van der Waals surface area contributed by atoms with Gasteiger partial charge in [0, 0.05) is 19.2 Å². The molecule has 5 heteroatoms. The Labute approximate surface area is 118 Å². The van der Waals surface area contributed by atoms with Crippen molar-refractivity contribution >= 4 is 9.84 Å². The SMILES string of the molecule is CCCCC(CC)COCCNC1CCS(=O)(=O)C1. The summed E-state index contributed by atoms with van der Waals surface area (Å²) in [4.78, 5) is 0. The number of hydrogen-bond donors (Lipinski definition) is 1. The number of hydrogen-bond acceptors (Lipinski definition) is 4. The van der Waals surface area contributed by atoms with Crippen LogP contribution in [-0.2, 0) is 14.6 Å². The van der Waals surface area contributed by atoms with Gasteiger partial charge in [0.05, 0.1) is 18.1 Å². The Hall–Kier alpha value is -0.130. The Bertz CT molecular complexity index is 330. The number of ether oxygens (including phenoxy) is 1. The summed E-state index contributed by atoms with van der Waals surface area (Å²) >= 11 is 0. The summed E-state index contributed by atoms with van der Waals surface area (Å²) < 4.78 is 28.3. The first-order chi connectivity index (χ1) is 9.07. The normalized spacial score (nSPS) is 23.6. The van der Waals surface area contributed by atoms with Gasteiger partial charge in [-0.2, -0.15) is 0 Å². The van der Waals surface area contributed by atoms with Gasteiger partial charge in [0.1, 0.15) is 0 Å². The number of sulfone groups is 1. The van der Waals surface area contributed by atoms with Crippen LogP contribution >= 0.6 is 0 Å². The highest BCUT2D eigenvalue weighted by molar-refractivity contribution is 7.91. The summed E-state index contributed by atoms with van der Waals surface area (Å²) in [6, 6.07) is 0.135. The second kappa shape index (κ2) is 8.93. The second-order valence-electron chi connectivity index (χ2n) is 5.55. The summed E-state index contributed by atoms with van der Waals surface area (Å²) in [5, 5.41) is 3.27. The molecule has 19 heavy (non-hydrogen) atoms. The molecule has 0 bridgehead atoms. The Balaban J connectivity index is 2.01. The third-order valence-corrected chi connectivity index (χ3v) is 5.58. The lowest BCUT2D eigenvalue weighted by molar-refractivity contribution is 0.0946. The number of unbranched alkanes of at least 4 members (excludes halogenated alkanes) is 1. The summed E-state index contributed by atoms with van der Waals surface area (Å²) in [6.45, 7) is 6.70. The standard InChI is InChI=1S/C14H29NO3S/c1-3-5-6-13(4-2)11-18-9-8-15-14-7-10-19(16,17)12-14/h13-15H,3-12H2,1-2H3. The van der Waals surface area contributed by atoms with E-state index in [1.165, 1.54) is 25.7 Å². The molecule has 1 saturated heterocycles. The van der Waals surface area contributed by atoms with Crippen LogP contribution < -0.4 is 5.32 Å². The Morgan fingerprint density at radius 3 is 2.74 bits per heavy atom. The summed E-state index contributed by atoms with van der Waals surface area (Å²) in [7, 11) is -2.77. The minimum atomic E-state index is -2.77. The molecule has 0 amide bonds. The fourth-order valence-corrected chi connectivity index (χ4v) is 4.15. The minimum Gasteiger partial charge on any atom is -0.380 e. The molecule has 0 spiro atoms.